The summed E-state index contributed by atoms with van der Waals surface area (Å²) in [6.45, 7) is 24.9. The molecule has 2 heterocycles. The second-order valence-electron chi connectivity index (χ2n) is 19.4. The molecule has 0 radical (unpaired) electrons. The molecule has 3 rings (SSSR count). The molecule has 1 aromatic carbocycles. The highest BCUT2D eigenvalue weighted by Gasteiger charge is 2.54. The first-order chi connectivity index (χ1) is 29.4. The molecule has 0 saturated carbocycles. The number of carboxylic acid groups (broad SMARTS) is 1. The van der Waals surface area contributed by atoms with E-state index in [9.17, 15) is 24.3 Å². The van der Waals surface area contributed by atoms with Crippen molar-refractivity contribution in [2.24, 2.45) is 23.7 Å². The van der Waals surface area contributed by atoms with E-state index in [1.54, 1.807) is 6.92 Å². The molecule has 9 atom stereocenters. The molecule has 1 saturated heterocycles. The van der Waals surface area contributed by atoms with Crippen LogP contribution >= 0.6 is 0 Å². The fraction of sp³-hybridized carbons (Fsp3) is 0.804. The lowest BCUT2D eigenvalue weighted by Crippen LogP contribution is -2.63. The van der Waals surface area contributed by atoms with Crippen LogP contribution in [-0.4, -0.2) is 65.3 Å². The molecule has 2 aliphatic heterocycles. The smallest absolute Gasteiger partial charge is 0.306 e. The van der Waals surface area contributed by atoms with E-state index in [1.807, 2.05) is 41.5 Å². The Labute approximate surface area is 374 Å². The highest BCUT2D eigenvalue weighted by molar-refractivity contribution is 5.72. The van der Waals surface area contributed by atoms with Crippen molar-refractivity contribution < 1.29 is 52.7 Å². The maximum absolute atomic E-state index is 13.3. The number of aliphatic carboxylic acids is 1. The van der Waals surface area contributed by atoms with E-state index in [2.05, 4.69) is 34.6 Å². The van der Waals surface area contributed by atoms with Gasteiger partial charge in [-0.3, -0.25) is 19.2 Å². The monoisotopic (exact) mass is 873 g/mol. The molecule has 0 aliphatic carbocycles. The molecule has 0 aromatic heterocycles. The summed E-state index contributed by atoms with van der Waals surface area (Å²) in [4.78, 5) is 52.0. The van der Waals surface area contributed by atoms with Crippen LogP contribution in [0.25, 0.3) is 0 Å². The van der Waals surface area contributed by atoms with Gasteiger partial charge in [-0.2, -0.15) is 0 Å². The van der Waals surface area contributed by atoms with Crippen LogP contribution in [0.3, 0.4) is 0 Å². The fourth-order valence-corrected chi connectivity index (χ4v) is 9.08. The summed E-state index contributed by atoms with van der Waals surface area (Å²) in [6, 6.07) is 0. The molecular weight excluding hydrogens is 789 g/mol. The maximum atomic E-state index is 13.3. The Balaban J connectivity index is 1.91. The third-order valence-corrected chi connectivity index (χ3v) is 13.2. The molecule has 354 valence electrons. The van der Waals surface area contributed by atoms with Crippen LogP contribution in [0.2, 0.25) is 0 Å². The SMILES string of the molecule is CCCC(=O)O[C@@H]1[C@@H](OC(=O)CCC)[C@H](Oc2c(C)c(C)c3c(c2C)CC[C@@](C)(CCC[C@H](C)CCC[C@H](C)CCCC(C)C)O3)O[C@H](CC(CC)C(=O)O)[C@H]1OC(=O)CCC. The number of hydrogen-bond acceptors (Lipinski definition) is 10. The molecule has 1 N–H and O–H groups in total. The number of hydrogen-bond donors (Lipinski definition) is 1. The molecule has 0 amide bonds. The highest BCUT2D eigenvalue weighted by Crippen LogP contribution is 2.46. The van der Waals surface area contributed by atoms with E-state index in [-0.39, 0.29) is 37.7 Å². The Hall–Kier alpha value is -3.34. The molecule has 0 spiro atoms. The van der Waals surface area contributed by atoms with E-state index in [1.165, 1.54) is 44.9 Å². The van der Waals surface area contributed by atoms with Crippen LogP contribution in [-0.2, 0) is 44.5 Å². The van der Waals surface area contributed by atoms with Crippen LogP contribution < -0.4 is 9.47 Å². The summed E-state index contributed by atoms with van der Waals surface area (Å²) < 4.78 is 38.5. The van der Waals surface area contributed by atoms with Gasteiger partial charge in [0, 0.05) is 24.8 Å². The van der Waals surface area contributed by atoms with Gasteiger partial charge < -0.3 is 33.5 Å². The highest BCUT2D eigenvalue weighted by atomic mass is 16.7. The topological polar surface area (TPSA) is 144 Å². The predicted octanol–water partition coefficient (Wildman–Crippen LogP) is 11.9. The van der Waals surface area contributed by atoms with Gasteiger partial charge in [-0.15, -0.1) is 0 Å². The van der Waals surface area contributed by atoms with E-state index < -0.39 is 60.5 Å². The lowest BCUT2D eigenvalue weighted by atomic mass is 9.83. The van der Waals surface area contributed by atoms with Gasteiger partial charge in [0.15, 0.2) is 12.2 Å². The van der Waals surface area contributed by atoms with Gasteiger partial charge in [0.1, 0.15) is 23.2 Å². The van der Waals surface area contributed by atoms with E-state index in [0.717, 1.165) is 65.5 Å². The van der Waals surface area contributed by atoms with Crippen LogP contribution in [0.15, 0.2) is 0 Å². The molecule has 1 fully saturated rings. The lowest BCUT2D eigenvalue weighted by molar-refractivity contribution is -0.287. The predicted molar refractivity (Wildman–Crippen MR) is 242 cm³/mol. The minimum Gasteiger partial charge on any atom is -0.487 e. The molecule has 11 nitrogen and oxygen atoms in total. The fourth-order valence-electron chi connectivity index (χ4n) is 9.08. The number of esters is 3. The Morgan fingerprint density at radius 1 is 0.710 bits per heavy atom. The Bertz CT molecular complexity index is 1590. The second kappa shape index (κ2) is 25.8. The number of ether oxygens (including phenoxy) is 6. The van der Waals surface area contributed by atoms with Gasteiger partial charge in [-0.05, 0) is 120 Å². The van der Waals surface area contributed by atoms with E-state index in [0.29, 0.717) is 30.9 Å². The van der Waals surface area contributed by atoms with Crippen LogP contribution in [0.5, 0.6) is 11.5 Å². The number of carbonyl (C=O) groups excluding carboxylic acids is 3. The zero-order valence-electron chi connectivity index (χ0n) is 40.7. The zero-order chi connectivity index (χ0) is 46.1. The van der Waals surface area contributed by atoms with Gasteiger partial charge in [0.05, 0.1) is 5.92 Å². The van der Waals surface area contributed by atoms with Gasteiger partial charge in [-0.25, -0.2) is 0 Å². The largest absolute Gasteiger partial charge is 0.487 e. The Morgan fingerprint density at radius 3 is 1.74 bits per heavy atom. The minimum atomic E-state index is -1.33. The van der Waals surface area contributed by atoms with Gasteiger partial charge in [-0.1, -0.05) is 100 Å². The molecule has 62 heavy (non-hydrogen) atoms. The Morgan fingerprint density at radius 2 is 1.23 bits per heavy atom. The van der Waals surface area contributed by atoms with Gasteiger partial charge in [0.2, 0.25) is 12.4 Å². The van der Waals surface area contributed by atoms with Crippen molar-refractivity contribution in [3.8, 4) is 11.5 Å². The first-order valence-corrected chi connectivity index (χ1v) is 24.3. The van der Waals surface area contributed by atoms with Crippen molar-refractivity contribution in [2.45, 2.75) is 241 Å². The average Bonchev–Trinajstić information content (AvgIpc) is 3.19. The first-order valence-electron chi connectivity index (χ1n) is 24.3. The molecule has 1 aromatic rings. The quantitative estimate of drug-likeness (QED) is 0.0666. The summed E-state index contributed by atoms with van der Waals surface area (Å²) in [5, 5.41) is 10.1. The molecule has 11 heteroatoms. The van der Waals surface area contributed by atoms with Crippen LogP contribution in [0.1, 0.15) is 200 Å². The lowest BCUT2D eigenvalue weighted by Gasteiger charge is -2.45. The summed E-state index contributed by atoms with van der Waals surface area (Å²) in [7, 11) is 0. The van der Waals surface area contributed by atoms with Crippen molar-refractivity contribution >= 4 is 23.9 Å². The van der Waals surface area contributed by atoms with Crippen LogP contribution in [0.4, 0.5) is 0 Å². The third kappa shape index (κ3) is 15.7. The van der Waals surface area contributed by atoms with Crippen molar-refractivity contribution in [2.75, 3.05) is 0 Å². The van der Waals surface area contributed by atoms with E-state index >= 15 is 0 Å². The zero-order valence-corrected chi connectivity index (χ0v) is 40.7. The van der Waals surface area contributed by atoms with Crippen molar-refractivity contribution in [3.63, 3.8) is 0 Å². The number of fused-ring (bicyclic) bond motifs is 1. The van der Waals surface area contributed by atoms with Gasteiger partial charge >= 0.3 is 23.9 Å². The number of carbonyl (C=O) groups is 4. The average molecular weight is 873 g/mol. The standard InChI is InChI=1S/C51H84O11/c1-13-20-41(52)58-46-40(31-38(16-4)49(55)56)57-50(48(60-43(54)22-15-3)47(46)59-42(53)21-14-2)61-44-35(9)36(10)45-39(37(44)11)28-30-51(12,62-45)29-19-27-34(8)26-18-25-33(7)24-17-23-32(5)6/h32-34,38,40,46-48,50H,13-31H2,1-12H3,(H,55,56)/t33-,34-,38?,40-,46-,47+,48-,50+,51-/m1/s1. The van der Waals surface area contributed by atoms with Crippen molar-refractivity contribution in [3.05, 3.63) is 22.3 Å². The van der Waals surface area contributed by atoms with Gasteiger partial charge in [0.25, 0.3) is 0 Å². The number of carboxylic acids is 1. The normalized spacial score (nSPS) is 23.7. The summed E-state index contributed by atoms with van der Waals surface area (Å²) in [5.41, 5.74) is 3.36. The summed E-state index contributed by atoms with van der Waals surface area (Å²) in [6.07, 6.45) is 8.44. The summed E-state index contributed by atoms with van der Waals surface area (Å²) in [5.74, 6) is 0.0877. The summed E-state index contributed by atoms with van der Waals surface area (Å²) >= 11 is 0. The molecule has 1 unspecified atom stereocenters. The molecule has 2 aliphatic rings. The first kappa shape index (κ1) is 53.0. The molecular formula is C51H84O11. The Kier molecular flexibility index (Phi) is 22.1. The van der Waals surface area contributed by atoms with Crippen LogP contribution in [0, 0.1) is 44.4 Å². The van der Waals surface area contributed by atoms with Crippen molar-refractivity contribution in [1.82, 2.24) is 0 Å². The van der Waals surface area contributed by atoms with Crippen molar-refractivity contribution in [1.29, 1.82) is 0 Å². The number of benzene rings is 1. The molecule has 0 bridgehead atoms. The minimum absolute atomic E-state index is 0.0582. The number of rotatable bonds is 27. The van der Waals surface area contributed by atoms with E-state index in [4.69, 9.17) is 28.4 Å². The third-order valence-electron chi connectivity index (χ3n) is 13.2. The maximum Gasteiger partial charge on any atom is 0.306 e. The second-order valence-corrected chi connectivity index (χ2v) is 19.4.